The highest BCUT2D eigenvalue weighted by Crippen LogP contribution is 2.27. The Morgan fingerprint density at radius 3 is 2.53 bits per heavy atom. The molecule has 1 aromatic carbocycles. The summed E-state index contributed by atoms with van der Waals surface area (Å²) in [6, 6.07) is 18.3. The van der Waals surface area contributed by atoms with Gasteiger partial charge in [0.2, 0.25) is 0 Å². The van der Waals surface area contributed by atoms with E-state index in [2.05, 4.69) is 57.5 Å². The first-order valence-corrected chi connectivity index (χ1v) is 11.8. The molecule has 0 saturated carbocycles. The van der Waals surface area contributed by atoms with E-state index >= 15 is 0 Å². The van der Waals surface area contributed by atoms with Gasteiger partial charge >= 0.3 is 0 Å². The van der Waals surface area contributed by atoms with E-state index in [9.17, 15) is 4.79 Å². The number of aromatic nitrogens is 3. The first-order valence-electron chi connectivity index (χ1n) is 11.8. The maximum absolute atomic E-state index is 13.1. The Bertz CT molecular complexity index is 1270. The van der Waals surface area contributed by atoms with Gasteiger partial charge in [0.05, 0.1) is 11.2 Å². The number of aryl methyl sites for hydroxylation is 1. The number of carbonyl (C=O) groups is 1. The molecule has 3 aromatic heterocycles. The summed E-state index contributed by atoms with van der Waals surface area (Å²) >= 11 is 0. The van der Waals surface area contributed by atoms with Crippen LogP contribution in [-0.4, -0.2) is 65.1 Å². The van der Waals surface area contributed by atoms with E-state index in [-0.39, 0.29) is 5.91 Å². The standard InChI is InChI=1S/C27H30N6O/c1-31-15-17-33(18-16-31)22-8-6-20(7-9-22)24-19-25-23(11-14-32(25)2)26(30-24)27(34)29-13-10-21-5-3-4-12-28-21/h3-9,11-12,14,19H,10,13,15-18H2,1-2H3,(H,29,34). The number of pyridine rings is 2. The number of carbonyl (C=O) groups excluding carboxylic acids is 1. The maximum atomic E-state index is 13.1. The van der Waals surface area contributed by atoms with Crippen LogP contribution in [-0.2, 0) is 13.5 Å². The molecule has 0 bridgehead atoms. The van der Waals surface area contributed by atoms with Crippen LogP contribution in [0.2, 0.25) is 0 Å². The maximum Gasteiger partial charge on any atom is 0.270 e. The van der Waals surface area contributed by atoms with Crippen LogP contribution < -0.4 is 10.2 Å². The number of rotatable bonds is 6. The lowest BCUT2D eigenvalue weighted by Crippen LogP contribution is -2.44. The van der Waals surface area contributed by atoms with E-state index in [4.69, 9.17) is 4.98 Å². The first kappa shape index (κ1) is 22.1. The molecule has 0 radical (unpaired) electrons. The molecule has 5 rings (SSSR count). The lowest BCUT2D eigenvalue weighted by molar-refractivity contribution is 0.0951. The molecule has 174 valence electrons. The van der Waals surface area contributed by atoms with Gasteiger partial charge in [-0.2, -0.15) is 0 Å². The van der Waals surface area contributed by atoms with Gasteiger partial charge in [-0.15, -0.1) is 0 Å². The molecule has 1 amide bonds. The number of nitrogens with one attached hydrogen (secondary N) is 1. The van der Waals surface area contributed by atoms with E-state index in [0.29, 0.717) is 18.7 Å². The predicted molar refractivity (Wildman–Crippen MR) is 136 cm³/mol. The number of likely N-dealkylation sites (N-methyl/N-ethyl adjacent to an activating group) is 1. The Labute approximate surface area is 200 Å². The van der Waals surface area contributed by atoms with Crippen molar-refractivity contribution in [2.75, 3.05) is 44.7 Å². The van der Waals surface area contributed by atoms with Gasteiger partial charge in [0.15, 0.2) is 0 Å². The second-order valence-corrected chi connectivity index (χ2v) is 8.88. The number of anilines is 1. The van der Waals surface area contributed by atoms with Crippen molar-refractivity contribution in [3.8, 4) is 11.3 Å². The van der Waals surface area contributed by atoms with E-state index in [1.807, 2.05) is 42.1 Å². The molecule has 1 saturated heterocycles. The number of hydrogen-bond acceptors (Lipinski definition) is 5. The van der Waals surface area contributed by atoms with E-state index in [0.717, 1.165) is 54.0 Å². The summed E-state index contributed by atoms with van der Waals surface area (Å²) < 4.78 is 2.03. The van der Waals surface area contributed by atoms with Crippen molar-refractivity contribution in [1.29, 1.82) is 0 Å². The quantitative estimate of drug-likeness (QED) is 0.484. The molecule has 1 aliphatic heterocycles. The third-order valence-corrected chi connectivity index (χ3v) is 6.52. The molecule has 1 N–H and O–H groups in total. The van der Waals surface area contributed by atoms with Gasteiger partial charge in [-0.25, -0.2) is 4.98 Å². The number of nitrogens with zero attached hydrogens (tertiary/aromatic N) is 5. The normalized spacial score (nSPS) is 14.5. The SMILES string of the molecule is CN1CCN(c2ccc(-c3cc4c(ccn4C)c(C(=O)NCCc4ccccn4)n3)cc2)CC1. The van der Waals surface area contributed by atoms with Crippen LogP contribution in [0.4, 0.5) is 5.69 Å². The fourth-order valence-electron chi connectivity index (χ4n) is 4.43. The molecule has 4 aromatic rings. The Kier molecular flexibility index (Phi) is 6.27. The summed E-state index contributed by atoms with van der Waals surface area (Å²) in [5.74, 6) is -0.164. The molecule has 4 heterocycles. The molecule has 7 nitrogen and oxygen atoms in total. The van der Waals surface area contributed by atoms with Crippen LogP contribution in [0.15, 0.2) is 67.0 Å². The van der Waals surface area contributed by atoms with Crippen LogP contribution >= 0.6 is 0 Å². The van der Waals surface area contributed by atoms with Crippen molar-refractivity contribution in [2.24, 2.45) is 7.05 Å². The lowest BCUT2D eigenvalue weighted by atomic mass is 10.1. The Balaban J connectivity index is 1.38. The molecule has 1 fully saturated rings. The van der Waals surface area contributed by atoms with E-state index in [1.165, 1.54) is 5.69 Å². The summed E-state index contributed by atoms with van der Waals surface area (Å²) in [4.78, 5) is 27.0. The zero-order chi connectivity index (χ0) is 23.5. The summed E-state index contributed by atoms with van der Waals surface area (Å²) in [5.41, 5.74) is 5.43. The highest BCUT2D eigenvalue weighted by molar-refractivity contribution is 6.05. The fraction of sp³-hybridized carbons (Fsp3) is 0.296. The van der Waals surface area contributed by atoms with Crippen LogP contribution in [0.3, 0.4) is 0 Å². The van der Waals surface area contributed by atoms with E-state index < -0.39 is 0 Å². The van der Waals surface area contributed by atoms with Gasteiger partial charge in [0.25, 0.3) is 5.91 Å². The molecule has 0 unspecified atom stereocenters. The minimum atomic E-state index is -0.164. The summed E-state index contributed by atoms with van der Waals surface area (Å²) in [6.45, 7) is 4.73. The number of hydrogen-bond donors (Lipinski definition) is 1. The molecule has 0 atom stereocenters. The number of fused-ring (bicyclic) bond motifs is 1. The van der Waals surface area contributed by atoms with E-state index in [1.54, 1.807) is 6.20 Å². The zero-order valence-electron chi connectivity index (χ0n) is 19.7. The van der Waals surface area contributed by atoms with Crippen LogP contribution in [0.25, 0.3) is 22.2 Å². The third kappa shape index (κ3) is 4.65. The summed E-state index contributed by atoms with van der Waals surface area (Å²) in [5, 5.41) is 3.88. The van der Waals surface area contributed by atoms with Crippen molar-refractivity contribution in [3.63, 3.8) is 0 Å². The number of amides is 1. The summed E-state index contributed by atoms with van der Waals surface area (Å²) in [6.07, 6.45) is 4.42. The van der Waals surface area contributed by atoms with Crippen molar-refractivity contribution in [1.82, 2.24) is 24.8 Å². The average Bonchev–Trinajstić information content (AvgIpc) is 3.25. The predicted octanol–water partition coefficient (Wildman–Crippen LogP) is 3.36. The minimum Gasteiger partial charge on any atom is -0.369 e. The van der Waals surface area contributed by atoms with Crippen LogP contribution in [0.1, 0.15) is 16.2 Å². The second-order valence-electron chi connectivity index (χ2n) is 8.88. The van der Waals surface area contributed by atoms with Gasteiger partial charge < -0.3 is 19.7 Å². The first-order chi connectivity index (χ1) is 16.6. The smallest absolute Gasteiger partial charge is 0.270 e. The van der Waals surface area contributed by atoms with Gasteiger partial charge in [-0.1, -0.05) is 18.2 Å². The number of benzene rings is 1. The fourth-order valence-corrected chi connectivity index (χ4v) is 4.43. The van der Waals surface area contributed by atoms with Crippen molar-refractivity contribution < 1.29 is 4.79 Å². The van der Waals surface area contributed by atoms with Crippen LogP contribution in [0, 0.1) is 0 Å². The highest BCUT2D eigenvalue weighted by Gasteiger charge is 2.18. The Morgan fingerprint density at radius 1 is 1.00 bits per heavy atom. The van der Waals surface area contributed by atoms with Crippen molar-refractivity contribution in [2.45, 2.75) is 6.42 Å². The second kappa shape index (κ2) is 9.65. The molecule has 0 spiro atoms. The molecular weight excluding hydrogens is 424 g/mol. The van der Waals surface area contributed by atoms with Gasteiger partial charge in [-0.05, 0) is 43.4 Å². The topological polar surface area (TPSA) is 66.3 Å². The molecule has 0 aliphatic carbocycles. The Morgan fingerprint density at radius 2 is 1.79 bits per heavy atom. The van der Waals surface area contributed by atoms with Crippen molar-refractivity contribution >= 4 is 22.5 Å². The Hall–Kier alpha value is -3.71. The molecular formula is C27H30N6O. The zero-order valence-corrected chi connectivity index (χ0v) is 19.7. The monoisotopic (exact) mass is 454 g/mol. The number of piperazine rings is 1. The lowest BCUT2D eigenvalue weighted by Gasteiger charge is -2.34. The van der Waals surface area contributed by atoms with Gasteiger partial charge in [0, 0.05) is 80.9 Å². The molecule has 7 heteroatoms. The molecule has 34 heavy (non-hydrogen) atoms. The minimum absolute atomic E-state index is 0.164. The largest absolute Gasteiger partial charge is 0.369 e. The third-order valence-electron chi connectivity index (χ3n) is 6.52. The average molecular weight is 455 g/mol. The van der Waals surface area contributed by atoms with Crippen LogP contribution in [0.5, 0.6) is 0 Å². The highest BCUT2D eigenvalue weighted by atomic mass is 16.1. The molecule has 1 aliphatic rings. The van der Waals surface area contributed by atoms with Crippen molar-refractivity contribution in [3.05, 3.63) is 78.4 Å². The van der Waals surface area contributed by atoms with Gasteiger partial charge in [0.1, 0.15) is 5.69 Å². The summed E-state index contributed by atoms with van der Waals surface area (Å²) in [7, 11) is 4.16. The van der Waals surface area contributed by atoms with Gasteiger partial charge in [-0.3, -0.25) is 9.78 Å².